The number of likely N-dealkylation sites (tertiary alicyclic amines) is 1. The number of thiophene rings is 1. The smallest absolute Gasteiger partial charge is 0.142 e. The number of aromatic nitrogens is 2. The Hall–Kier alpha value is -1.39. The predicted octanol–water partition coefficient (Wildman–Crippen LogP) is 3.35. The van der Waals surface area contributed by atoms with E-state index in [2.05, 4.69) is 38.7 Å². The Morgan fingerprint density at radius 2 is 1.95 bits per heavy atom. The van der Waals surface area contributed by atoms with Crippen LogP contribution in [0, 0.1) is 0 Å². The molecule has 0 N–H and O–H groups in total. The first-order chi connectivity index (χ1) is 9.42. The molecule has 0 aliphatic carbocycles. The van der Waals surface area contributed by atoms with Crippen molar-refractivity contribution in [3.8, 4) is 0 Å². The molecule has 0 amide bonds. The molecule has 1 saturated heterocycles. The average Bonchev–Trinajstić information content (AvgIpc) is 3.13. The first kappa shape index (κ1) is 11.4. The number of nitrogens with zero attached hydrogens (tertiary/aromatic N) is 3. The van der Waals surface area contributed by atoms with Crippen molar-refractivity contribution in [1.82, 2.24) is 14.5 Å². The van der Waals surface area contributed by atoms with Crippen molar-refractivity contribution in [2.24, 2.45) is 0 Å². The van der Waals surface area contributed by atoms with Crippen molar-refractivity contribution in [2.45, 2.75) is 19.4 Å². The van der Waals surface area contributed by atoms with Crippen molar-refractivity contribution >= 4 is 31.8 Å². The molecule has 0 atom stereocenters. The van der Waals surface area contributed by atoms with Gasteiger partial charge in [0.1, 0.15) is 4.83 Å². The summed E-state index contributed by atoms with van der Waals surface area (Å²) < 4.78 is 3.67. The molecule has 3 aromatic rings. The van der Waals surface area contributed by atoms with E-state index >= 15 is 0 Å². The minimum atomic E-state index is 1.05. The molecule has 3 nitrogen and oxygen atoms in total. The fraction of sp³-hybridized carbons (Fsp3) is 0.400. The summed E-state index contributed by atoms with van der Waals surface area (Å²) in [5.41, 5.74) is 1.32. The lowest BCUT2D eigenvalue weighted by atomic mass is 10.2. The highest BCUT2D eigenvalue weighted by molar-refractivity contribution is 7.25. The third-order valence-corrected chi connectivity index (χ3v) is 5.08. The zero-order valence-electron chi connectivity index (χ0n) is 10.9. The highest BCUT2D eigenvalue weighted by Crippen LogP contribution is 2.32. The van der Waals surface area contributed by atoms with Crippen molar-refractivity contribution in [3.05, 3.63) is 30.6 Å². The Labute approximate surface area is 116 Å². The molecule has 2 aromatic heterocycles. The van der Waals surface area contributed by atoms with Gasteiger partial charge in [-0.2, -0.15) is 0 Å². The highest BCUT2D eigenvalue weighted by atomic mass is 32.1. The van der Waals surface area contributed by atoms with E-state index in [-0.39, 0.29) is 0 Å². The van der Waals surface area contributed by atoms with E-state index < -0.39 is 0 Å². The van der Waals surface area contributed by atoms with Crippen LogP contribution in [-0.2, 0) is 6.54 Å². The summed E-state index contributed by atoms with van der Waals surface area (Å²) in [6.45, 7) is 4.73. The molecular formula is C15H17N3S. The van der Waals surface area contributed by atoms with Gasteiger partial charge in [-0.1, -0.05) is 18.2 Å². The van der Waals surface area contributed by atoms with Gasteiger partial charge in [-0.3, -0.25) is 0 Å². The first-order valence-electron chi connectivity index (χ1n) is 6.96. The van der Waals surface area contributed by atoms with Gasteiger partial charge in [0.2, 0.25) is 0 Å². The van der Waals surface area contributed by atoms with Gasteiger partial charge in [-0.15, -0.1) is 11.3 Å². The van der Waals surface area contributed by atoms with Crippen molar-refractivity contribution < 1.29 is 0 Å². The van der Waals surface area contributed by atoms with Gasteiger partial charge in [0.25, 0.3) is 0 Å². The molecule has 1 fully saturated rings. The quantitative estimate of drug-likeness (QED) is 0.728. The van der Waals surface area contributed by atoms with Crippen molar-refractivity contribution in [2.75, 3.05) is 19.6 Å². The number of rotatable bonds is 3. The topological polar surface area (TPSA) is 21.1 Å². The lowest BCUT2D eigenvalue weighted by Gasteiger charge is -2.14. The standard InChI is InChI=1S/C15H17N3S/c1-2-6-13-12(5-1)14-15(19-13)16-11-18(14)10-9-17-7-3-4-8-17/h1-2,5-6,11H,3-4,7-10H2. The average molecular weight is 271 g/mol. The maximum absolute atomic E-state index is 4.56. The molecule has 4 rings (SSSR count). The van der Waals surface area contributed by atoms with Crippen molar-refractivity contribution in [3.63, 3.8) is 0 Å². The van der Waals surface area contributed by atoms with Gasteiger partial charge >= 0.3 is 0 Å². The predicted molar refractivity (Wildman–Crippen MR) is 80.8 cm³/mol. The van der Waals surface area contributed by atoms with E-state index in [1.54, 1.807) is 11.3 Å². The lowest BCUT2D eigenvalue weighted by Crippen LogP contribution is -2.23. The van der Waals surface area contributed by atoms with E-state index in [1.807, 2.05) is 6.33 Å². The number of benzene rings is 1. The van der Waals surface area contributed by atoms with E-state index in [0.717, 1.165) is 13.1 Å². The third kappa shape index (κ3) is 1.95. The molecule has 0 spiro atoms. The molecule has 0 unspecified atom stereocenters. The van der Waals surface area contributed by atoms with E-state index in [1.165, 1.54) is 46.4 Å². The van der Waals surface area contributed by atoms with Crippen LogP contribution in [0.4, 0.5) is 0 Å². The minimum absolute atomic E-state index is 1.05. The molecule has 1 aromatic carbocycles. The maximum Gasteiger partial charge on any atom is 0.142 e. The molecule has 0 saturated carbocycles. The van der Waals surface area contributed by atoms with Crippen LogP contribution >= 0.6 is 11.3 Å². The van der Waals surface area contributed by atoms with Crippen LogP contribution in [0.1, 0.15) is 12.8 Å². The van der Waals surface area contributed by atoms with Crippen LogP contribution in [0.3, 0.4) is 0 Å². The SMILES string of the molecule is c1ccc2c(c1)sc1ncn(CCN3CCCC3)c12. The maximum atomic E-state index is 4.56. The molecule has 4 heteroatoms. The number of hydrogen-bond donors (Lipinski definition) is 0. The normalized spacial score (nSPS) is 16.8. The highest BCUT2D eigenvalue weighted by Gasteiger charge is 2.14. The van der Waals surface area contributed by atoms with Crippen LogP contribution in [0.2, 0.25) is 0 Å². The molecule has 3 heterocycles. The summed E-state index contributed by atoms with van der Waals surface area (Å²) >= 11 is 1.80. The molecule has 1 aliphatic heterocycles. The Bertz CT molecular complexity index is 706. The molecule has 0 bridgehead atoms. The second kappa shape index (κ2) is 4.62. The summed E-state index contributed by atoms with van der Waals surface area (Å²) in [5.74, 6) is 0. The molecular weight excluding hydrogens is 254 g/mol. The summed E-state index contributed by atoms with van der Waals surface area (Å²) in [6.07, 6.45) is 4.73. The minimum Gasteiger partial charge on any atom is -0.328 e. The number of imidazole rings is 1. The van der Waals surface area contributed by atoms with Crippen LogP contribution in [-0.4, -0.2) is 34.1 Å². The largest absolute Gasteiger partial charge is 0.328 e. The number of fused-ring (bicyclic) bond motifs is 3. The molecule has 98 valence electrons. The summed E-state index contributed by atoms with van der Waals surface area (Å²) in [7, 11) is 0. The zero-order valence-corrected chi connectivity index (χ0v) is 11.7. The fourth-order valence-electron chi connectivity index (χ4n) is 2.99. The van der Waals surface area contributed by atoms with Gasteiger partial charge < -0.3 is 9.47 Å². The third-order valence-electron chi connectivity index (χ3n) is 4.01. The molecule has 19 heavy (non-hydrogen) atoms. The first-order valence-corrected chi connectivity index (χ1v) is 7.78. The summed E-state index contributed by atoms with van der Waals surface area (Å²) in [6, 6.07) is 8.62. The Balaban J connectivity index is 1.68. The Morgan fingerprint density at radius 1 is 1.11 bits per heavy atom. The van der Waals surface area contributed by atoms with E-state index in [4.69, 9.17) is 0 Å². The second-order valence-electron chi connectivity index (χ2n) is 5.24. The summed E-state index contributed by atoms with van der Waals surface area (Å²) in [4.78, 5) is 8.29. The van der Waals surface area contributed by atoms with Crippen LogP contribution in [0.15, 0.2) is 30.6 Å². The zero-order chi connectivity index (χ0) is 12.7. The van der Waals surface area contributed by atoms with Gasteiger partial charge in [0.15, 0.2) is 0 Å². The Kier molecular flexibility index (Phi) is 2.78. The molecule has 1 aliphatic rings. The molecule has 0 radical (unpaired) electrons. The monoisotopic (exact) mass is 271 g/mol. The van der Waals surface area contributed by atoms with Gasteiger partial charge in [-0.05, 0) is 32.0 Å². The van der Waals surface area contributed by atoms with Gasteiger partial charge in [0, 0.05) is 23.2 Å². The van der Waals surface area contributed by atoms with Crippen LogP contribution < -0.4 is 0 Å². The van der Waals surface area contributed by atoms with Crippen molar-refractivity contribution in [1.29, 1.82) is 0 Å². The fourth-order valence-corrected chi connectivity index (χ4v) is 4.04. The van der Waals surface area contributed by atoms with Gasteiger partial charge in [-0.25, -0.2) is 4.98 Å². The lowest BCUT2D eigenvalue weighted by molar-refractivity contribution is 0.324. The van der Waals surface area contributed by atoms with E-state index in [0.29, 0.717) is 0 Å². The second-order valence-corrected chi connectivity index (χ2v) is 6.27. The number of hydrogen-bond acceptors (Lipinski definition) is 3. The van der Waals surface area contributed by atoms with Gasteiger partial charge in [0.05, 0.1) is 11.8 Å². The summed E-state index contributed by atoms with van der Waals surface area (Å²) in [5, 5.41) is 1.35. The van der Waals surface area contributed by atoms with E-state index in [9.17, 15) is 0 Å². The Morgan fingerprint density at radius 3 is 2.84 bits per heavy atom. The van der Waals surface area contributed by atoms with Crippen LogP contribution in [0.25, 0.3) is 20.4 Å². The van der Waals surface area contributed by atoms with Crippen LogP contribution in [0.5, 0.6) is 0 Å².